The van der Waals surface area contributed by atoms with Crippen LogP contribution in [0.4, 0.5) is 0 Å². The maximum Gasteiger partial charge on any atom is 0.213 e. The van der Waals surface area contributed by atoms with Crippen molar-refractivity contribution in [2.45, 2.75) is 137 Å². The lowest BCUT2D eigenvalue weighted by Gasteiger charge is -2.28. The number of halogens is 1. The van der Waals surface area contributed by atoms with Gasteiger partial charge in [-0.2, -0.15) is 9.13 Å². The molecule has 0 bridgehead atoms. The minimum Gasteiger partial charge on any atom is -0.198 e. The van der Waals surface area contributed by atoms with Crippen molar-refractivity contribution in [2.75, 3.05) is 0 Å². The number of aromatic nitrogens is 2. The van der Waals surface area contributed by atoms with Crippen LogP contribution in [0.3, 0.4) is 0 Å². The van der Waals surface area contributed by atoms with E-state index in [-0.39, 0.29) is 5.54 Å². The topological polar surface area (TPSA) is 7.76 Å². The normalized spacial score (nSPS) is 14.2. The molecule has 5 aromatic carbocycles. The zero-order chi connectivity index (χ0) is 44.6. The van der Waals surface area contributed by atoms with Crippen molar-refractivity contribution in [3.8, 4) is 44.8 Å². The molecule has 0 N–H and O–H groups in total. The molecule has 0 fully saturated rings. The molecule has 0 saturated carbocycles. The second-order valence-corrected chi connectivity index (χ2v) is 19.7. The minimum atomic E-state index is 0.00570. The molecule has 3 heteroatoms. The van der Waals surface area contributed by atoms with Gasteiger partial charge in [-0.05, 0) is 157 Å². The van der Waals surface area contributed by atoms with Crippen LogP contribution >= 0.6 is 15.9 Å². The molecule has 0 radical (unpaired) electrons. The number of nitrogens with zero attached hydrogens (tertiary/aromatic N) is 2. The first-order chi connectivity index (χ1) is 31.2. The van der Waals surface area contributed by atoms with Crippen LogP contribution in [0.15, 0.2) is 150 Å². The van der Waals surface area contributed by atoms with Crippen LogP contribution in [0.1, 0.15) is 123 Å². The van der Waals surface area contributed by atoms with Crippen LogP contribution in [0.25, 0.3) is 44.8 Å². The zero-order valence-corrected chi connectivity index (χ0v) is 41.0. The van der Waals surface area contributed by atoms with Gasteiger partial charge in [0.05, 0.1) is 11.5 Å². The third-order valence-corrected chi connectivity index (χ3v) is 15.2. The number of rotatable bonds is 17. The number of pyridine rings is 2. The monoisotopic (exact) mass is 908 g/mol. The highest BCUT2D eigenvalue weighted by Gasteiger charge is 2.45. The van der Waals surface area contributed by atoms with Gasteiger partial charge in [0, 0.05) is 53.6 Å². The van der Waals surface area contributed by atoms with Crippen LogP contribution in [0, 0.1) is 20.8 Å². The lowest BCUT2D eigenvalue weighted by atomic mass is 9.79. The highest BCUT2D eigenvalue weighted by molar-refractivity contribution is 9.10. The fourth-order valence-corrected chi connectivity index (χ4v) is 10.9. The fraction of sp³-hybridized carbons (Fsp3) is 0.344. The first-order valence-corrected chi connectivity index (χ1v) is 25.2. The number of fused-ring (bicyclic) bond motifs is 3. The summed E-state index contributed by atoms with van der Waals surface area (Å²) in [7, 11) is 0. The molecule has 0 aliphatic carbocycles. The van der Waals surface area contributed by atoms with E-state index in [4.69, 9.17) is 0 Å². The van der Waals surface area contributed by atoms with Gasteiger partial charge in [-0.15, -0.1) is 0 Å². The van der Waals surface area contributed by atoms with Gasteiger partial charge in [-0.25, -0.2) is 0 Å². The van der Waals surface area contributed by atoms with Crippen molar-refractivity contribution >= 4 is 15.9 Å². The molecule has 64 heavy (non-hydrogen) atoms. The summed E-state index contributed by atoms with van der Waals surface area (Å²) in [5, 5.41) is 0. The Morgan fingerprint density at radius 3 is 1.88 bits per heavy atom. The summed E-state index contributed by atoms with van der Waals surface area (Å²) in [6.45, 7) is 14.9. The van der Waals surface area contributed by atoms with E-state index in [0.717, 1.165) is 43.1 Å². The molecule has 0 saturated heterocycles. The van der Waals surface area contributed by atoms with Crippen molar-refractivity contribution in [1.29, 1.82) is 0 Å². The summed E-state index contributed by atoms with van der Waals surface area (Å²) in [6, 6.07) is 51.1. The summed E-state index contributed by atoms with van der Waals surface area (Å²) in [4.78, 5) is 0. The summed E-state index contributed by atoms with van der Waals surface area (Å²) in [6.07, 6.45) is 18.9. The van der Waals surface area contributed by atoms with Crippen LogP contribution in [0.2, 0.25) is 0 Å². The third kappa shape index (κ3) is 10.1. The van der Waals surface area contributed by atoms with Crippen molar-refractivity contribution < 1.29 is 9.13 Å². The number of benzene rings is 5. The Labute approximate surface area is 393 Å². The predicted molar refractivity (Wildman–Crippen MR) is 274 cm³/mol. The Morgan fingerprint density at radius 2 is 1.17 bits per heavy atom. The van der Waals surface area contributed by atoms with Gasteiger partial charge in [0.15, 0.2) is 24.5 Å². The van der Waals surface area contributed by atoms with E-state index in [9.17, 15) is 0 Å². The van der Waals surface area contributed by atoms with Crippen LogP contribution in [0.5, 0.6) is 0 Å². The van der Waals surface area contributed by atoms with Crippen LogP contribution in [-0.4, -0.2) is 0 Å². The highest BCUT2D eigenvalue weighted by Crippen LogP contribution is 2.43. The molecule has 7 aromatic rings. The number of aryl methyl sites for hydroxylation is 6. The molecule has 2 aromatic heterocycles. The lowest BCUT2D eigenvalue weighted by molar-refractivity contribution is -0.759. The van der Waals surface area contributed by atoms with Crippen molar-refractivity contribution in [3.63, 3.8) is 0 Å². The maximum absolute atomic E-state index is 3.55. The number of hydrogen-bond acceptors (Lipinski definition) is 0. The van der Waals surface area contributed by atoms with Gasteiger partial charge >= 0.3 is 0 Å². The standard InChI is InChI=1S/C61H69BrN2/c1-7-10-21-50-38-46(6)56(39-45(50)5)52-32-35-55-53(42-61(8-2,9-3)64-37-18-16-23-60(64)58(55)41-52)43-63-36-17-15-22-59(63)57-40-51(29-24-44(57)4)49-30-25-47(26-31-49)19-13-11-12-14-20-48-27-33-54(62)34-28-48/h15-18,22-41,53H,7-14,19-21,42-43H2,1-6H3/q+2. The van der Waals surface area contributed by atoms with E-state index < -0.39 is 0 Å². The Hall–Kier alpha value is -5.12. The van der Waals surface area contributed by atoms with Gasteiger partial charge < -0.3 is 0 Å². The zero-order valence-electron chi connectivity index (χ0n) is 39.4. The van der Waals surface area contributed by atoms with E-state index in [1.165, 1.54) is 129 Å². The van der Waals surface area contributed by atoms with E-state index in [1.54, 1.807) is 0 Å². The molecule has 1 aliphatic rings. The van der Waals surface area contributed by atoms with Gasteiger partial charge in [0.1, 0.15) is 0 Å². The average Bonchev–Trinajstić information content (AvgIpc) is 3.44. The minimum absolute atomic E-state index is 0.00570. The first-order valence-electron chi connectivity index (χ1n) is 24.4. The van der Waals surface area contributed by atoms with Crippen LogP contribution in [-0.2, 0) is 31.3 Å². The molecule has 0 spiro atoms. The Balaban J connectivity index is 1.06. The first kappa shape index (κ1) is 45.4. The molecular formula is C61H69BrN2+2. The second kappa shape index (κ2) is 20.8. The summed E-state index contributed by atoms with van der Waals surface area (Å²) in [5.74, 6) is 0.316. The number of hydrogen-bond donors (Lipinski definition) is 0. The number of unbranched alkanes of at least 4 members (excludes halogenated alkanes) is 4. The molecule has 1 unspecified atom stereocenters. The fourth-order valence-electron chi connectivity index (χ4n) is 10.6. The molecule has 328 valence electrons. The largest absolute Gasteiger partial charge is 0.213 e. The molecule has 2 nitrogen and oxygen atoms in total. The van der Waals surface area contributed by atoms with E-state index in [1.807, 2.05) is 0 Å². The molecule has 3 heterocycles. The summed E-state index contributed by atoms with van der Waals surface area (Å²) in [5.41, 5.74) is 20.4. The van der Waals surface area contributed by atoms with Crippen molar-refractivity contribution in [3.05, 3.63) is 189 Å². The Morgan fingerprint density at radius 1 is 0.531 bits per heavy atom. The van der Waals surface area contributed by atoms with Gasteiger partial charge in [0.25, 0.3) is 0 Å². The Bertz CT molecular complexity index is 2670. The molecule has 1 aliphatic heterocycles. The summed E-state index contributed by atoms with van der Waals surface area (Å²) < 4.78 is 6.35. The van der Waals surface area contributed by atoms with E-state index in [2.05, 4.69) is 212 Å². The second-order valence-electron chi connectivity index (χ2n) is 18.8. The molecule has 0 amide bonds. The third-order valence-electron chi connectivity index (χ3n) is 14.6. The van der Waals surface area contributed by atoms with Gasteiger partial charge in [-0.1, -0.05) is 129 Å². The quantitative estimate of drug-likeness (QED) is 0.0635. The average molecular weight is 910 g/mol. The smallest absolute Gasteiger partial charge is 0.198 e. The predicted octanol–water partition coefficient (Wildman–Crippen LogP) is 16.0. The van der Waals surface area contributed by atoms with Crippen LogP contribution < -0.4 is 9.13 Å². The highest BCUT2D eigenvalue weighted by atomic mass is 79.9. The van der Waals surface area contributed by atoms with Gasteiger partial charge in [0.2, 0.25) is 11.4 Å². The van der Waals surface area contributed by atoms with Crippen molar-refractivity contribution in [2.24, 2.45) is 0 Å². The SMILES string of the molecule is CCCCc1cc(C)c(-c2ccc3c(c2)-c2cccc[n+]2C(CC)(CC)CC3C[n+]2ccccc2-c2cc(-c3ccc(CCCCCCc4ccc(Br)cc4)cc3)ccc2C)cc1C. The van der Waals surface area contributed by atoms with E-state index >= 15 is 0 Å². The maximum atomic E-state index is 3.55. The van der Waals surface area contributed by atoms with Crippen molar-refractivity contribution in [1.82, 2.24) is 0 Å². The van der Waals surface area contributed by atoms with Gasteiger partial charge in [-0.3, -0.25) is 0 Å². The molecular weight excluding hydrogens is 841 g/mol. The molecule has 1 atom stereocenters. The molecule has 8 rings (SSSR count). The van der Waals surface area contributed by atoms with E-state index in [0.29, 0.717) is 5.92 Å². The summed E-state index contributed by atoms with van der Waals surface area (Å²) >= 11 is 3.55. The lowest BCUT2D eigenvalue weighted by Crippen LogP contribution is -2.57. The Kier molecular flexibility index (Phi) is 14.8.